The van der Waals surface area contributed by atoms with Crippen molar-refractivity contribution in [1.82, 2.24) is 15.1 Å². The average molecular weight is 286 g/mol. The van der Waals surface area contributed by atoms with E-state index in [1.807, 2.05) is 6.20 Å². The van der Waals surface area contributed by atoms with Gasteiger partial charge < -0.3 is 10.6 Å². The smallest absolute Gasteiger partial charge is 0.241 e. The van der Waals surface area contributed by atoms with Crippen LogP contribution in [0.2, 0.25) is 0 Å². The molecule has 0 spiro atoms. The van der Waals surface area contributed by atoms with Gasteiger partial charge in [-0.15, -0.1) is 0 Å². The normalized spacial score (nSPS) is 10.7. The summed E-state index contributed by atoms with van der Waals surface area (Å²) in [5.41, 5.74) is 3.47. The summed E-state index contributed by atoms with van der Waals surface area (Å²) in [6, 6.07) is 8.60. The Kier molecular flexibility index (Phi) is 4.98. The van der Waals surface area contributed by atoms with Gasteiger partial charge in [0.2, 0.25) is 5.91 Å². The minimum atomic E-state index is -0.0612. The largest absolute Gasteiger partial charge is 0.378 e. The predicted octanol–water partition coefficient (Wildman–Crippen LogP) is 2.36. The first kappa shape index (κ1) is 15.1. The molecule has 0 bridgehead atoms. The molecule has 1 aromatic heterocycles. The van der Waals surface area contributed by atoms with E-state index in [0.29, 0.717) is 5.92 Å². The zero-order valence-corrected chi connectivity index (χ0v) is 12.8. The van der Waals surface area contributed by atoms with E-state index in [0.717, 1.165) is 12.2 Å². The van der Waals surface area contributed by atoms with Crippen molar-refractivity contribution < 1.29 is 4.79 Å². The molecule has 2 rings (SSSR count). The molecule has 1 heterocycles. The number of hydrogen-bond acceptors (Lipinski definition) is 3. The van der Waals surface area contributed by atoms with Gasteiger partial charge in [0.05, 0.1) is 11.9 Å². The van der Waals surface area contributed by atoms with Crippen LogP contribution >= 0.6 is 0 Å². The quantitative estimate of drug-likeness (QED) is 0.857. The van der Waals surface area contributed by atoms with Crippen molar-refractivity contribution in [3.8, 4) is 0 Å². The molecular weight excluding hydrogens is 264 g/mol. The molecule has 0 saturated heterocycles. The average Bonchev–Trinajstić information content (AvgIpc) is 2.93. The highest BCUT2D eigenvalue weighted by molar-refractivity contribution is 5.75. The van der Waals surface area contributed by atoms with E-state index in [1.165, 1.54) is 11.1 Å². The third kappa shape index (κ3) is 4.34. The van der Waals surface area contributed by atoms with Gasteiger partial charge in [0.1, 0.15) is 6.54 Å². The number of hydrogen-bond donors (Lipinski definition) is 2. The molecule has 21 heavy (non-hydrogen) atoms. The van der Waals surface area contributed by atoms with Crippen LogP contribution in [0.15, 0.2) is 36.7 Å². The maximum atomic E-state index is 11.3. The van der Waals surface area contributed by atoms with E-state index >= 15 is 0 Å². The van der Waals surface area contributed by atoms with E-state index in [4.69, 9.17) is 0 Å². The molecule has 0 aliphatic heterocycles. The fourth-order valence-electron chi connectivity index (χ4n) is 1.99. The second-order valence-corrected chi connectivity index (χ2v) is 5.35. The topological polar surface area (TPSA) is 59.0 Å². The van der Waals surface area contributed by atoms with Crippen LogP contribution in [0.5, 0.6) is 0 Å². The van der Waals surface area contributed by atoms with Crippen molar-refractivity contribution in [2.75, 3.05) is 12.4 Å². The minimum Gasteiger partial charge on any atom is -0.378 e. The van der Waals surface area contributed by atoms with Gasteiger partial charge >= 0.3 is 0 Å². The van der Waals surface area contributed by atoms with Crippen molar-refractivity contribution in [3.05, 3.63) is 47.8 Å². The Labute approximate surface area is 125 Å². The lowest BCUT2D eigenvalue weighted by Crippen LogP contribution is -2.23. The summed E-state index contributed by atoms with van der Waals surface area (Å²) in [6.45, 7) is 5.35. The number of rotatable bonds is 6. The lowest BCUT2D eigenvalue weighted by Gasteiger charge is -2.07. The van der Waals surface area contributed by atoms with Crippen LogP contribution in [0.25, 0.3) is 0 Å². The first-order chi connectivity index (χ1) is 10.1. The van der Waals surface area contributed by atoms with Crippen molar-refractivity contribution in [1.29, 1.82) is 0 Å². The zero-order valence-electron chi connectivity index (χ0n) is 12.8. The molecule has 0 aliphatic rings. The molecule has 1 aromatic carbocycles. The van der Waals surface area contributed by atoms with Crippen LogP contribution in [0.1, 0.15) is 30.9 Å². The van der Waals surface area contributed by atoms with Gasteiger partial charge in [-0.2, -0.15) is 5.10 Å². The number of anilines is 1. The summed E-state index contributed by atoms with van der Waals surface area (Å²) in [4.78, 5) is 11.3. The maximum Gasteiger partial charge on any atom is 0.241 e. The highest BCUT2D eigenvalue weighted by atomic mass is 16.1. The fourth-order valence-corrected chi connectivity index (χ4v) is 1.99. The molecule has 112 valence electrons. The number of likely N-dealkylation sites (N-methyl/N-ethyl adjacent to an activating group) is 1. The number of carbonyl (C=O) groups is 1. The highest BCUT2D eigenvalue weighted by Crippen LogP contribution is 2.15. The van der Waals surface area contributed by atoms with Gasteiger partial charge in [-0.3, -0.25) is 9.48 Å². The number of benzene rings is 1. The van der Waals surface area contributed by atoms with E-state index in [2.05, 4.69) is 53.8 Å². The number of amides is 1. The van der Waals surface area contributed by atoms with E-state index in [9.17, 15) is 4.79 Å². The minimum absolute atomic E-state index is 0.0612. The lowest BCUT2D eigenvalue weighted by atomic mass is 10.0. The Balaban J connectivity index is 1.89. The molecule has 2 aromatic rings. The van der Waals surface area contributed by atoms with Gasteiger partial charge in [-0.05, 0) is 17.0 Å². The Morgan fingerprint density at radius 2 is 2.00 bits per heavy atom. The Morgan fingerprint density at radius 1 is 1.29 bits per heavy atom. The summed E-state index contributed by atoms with van der Waals surface area (Å²) in [6.07, 6.45) is 3.56. The van der Waals surface area contributed by atoms with Gasteiger partial charge in [0.15, 0.2) is 0 Å². The van der Waals surface area contributed by atoms with E-state index in [1.54, 1.807) is 17.9 Å². The SMILES string of the molecule is CNC(=O)Cn1cc(NCc2ccc(C(C)C)cc2)cn1. The lowest BCUT2D eigenvalue weighted by molar-refractivity contribution is -0.121. The third-order valence-electron chi connectivity index (χ3n) is 3.36. The summed E-state index contributed by atoms with van der Waals surface area (Å²) < 4.78 is 1.61. The molecule has 0 radical (unpaired) electrons. The molecule has 0 aliphatic carbocycles. The molecule has 5 heteroatoms. The number of carbonyl (C=O) groups excluding carboxylic acids is 1. The summed E-state index contributed by atoms with van der Waals surface area (Å²) in [7, 11) is 1.62. The second kappa shape index (κ2) is 6.92. The second-order valence-electron chi connectivity index (χ2n) is 5.35. The first-order valence-electron chi connectivity index (χ1n) is 7.14. The summed E-state index contributed by atoms with van der Waals surface area (Å²) in [5, 5.41) is 10.0. The van der Waals surface area contributed by atoms with Crippen LogP contribution in [0, 0.1) is 0 Å². The standard InChI is InChI=1S/C16H22N4O/c1-12(2)14-6-4-13(5-7-14)8-18-15-9-19-20(10-15)11-16(21)17-3/h4-7,9-10,12,18H,8,11H2,1-3H3,(H,17,21). The van der Waals surface area contributed by atoms with Crippen molar-refractivity contribution in [2.45, 2.75) is 32.9 Å². The predicted molar refractivity (Wildman–Crippen MR) is 84.2 cm³/mol. The van der Waals surface area contributed by atoms with Crippen molar-refractivity contribution in [2.24, 2.45) is 0 Å². The van der Waals surface area contributed by atoms with Crippen molar-refractivity contribution in [3.63, 3.8) is 0 Å². The van der Waals surface area contributed by atoms with Crippen LogP contribution in [0.4, 0.5) is 5.69 Å². The monoisotopic (exact) mass is 286 g/mol. The molecule has 1 amide bonds. The third-order valence-corrected chi connectivity index (χ3v) is 3.36. The van der Waals surface area contributed by atoms with Crippen molar-refractivity contribution >= 4 is 11.6 Å². The summed E-state index contributed by atoms with van der Waals surface area (Å²) in [5.74, 6) is 0.490. The summed E-state index contributed by atoms with van der Waals surface area (Å²) >= 11 is 0. The maximum absolute atomic E-state index is 11.3. The zero-order chi connectivity index (χ0) is 15.2. The molecular formula is C16H22N4O. The Bertz CT molecular complexity index is 587. The number of nitrogens with zero attached hydrogens (tertiary/aromatic N) is 2. The molecule has 0 unspecified atom stereocenters. The highest BCUT2D eigenvalue weighted by Gasteiger charge is 2.03. The number of nitrogens with one attached hydrogen (secondary N) is 2. The fraction of sp³-hybridized carbons (Fsp3) is 0.375. The van der Waals surface area contributed by atoms with Gasteiger partial charge in [0.25, 0.3) is 0 Å². The van der Waals surface area contributed by atoms with Gasteiger partial charge in [-0.1, -0.05) is 38.1 Å². The van der Waals surface area contributed by atoms with E-state index in [-0.39, 0.29) is 12.5 Å². The Morgan fingerprint density at radius 3 is 2.62 bits per heavy atom. The number of aromatic nitrogens is 2. The molecule has 5 nitrogen and oxygen atoms in total. The molecule has 2 N–H and O–H groups in total. The molecule has 0 fully saturated rings. The van der Waals surface area contributed by atoms with Crippen LogP contribution in [-0.4, -0.2) is 22.7 Å². The van der Waals surface area contributed by atoms with Gasteiger partial charge in [-0.25, -0.2) is 0 Å². The first-order valence-corrected chi connectivity index (χ1v) is 7.14. The Hall–Kier alpha value is -2.30. The van der Waals surface area contributed by atoms with Gasteiger partial charge in [0, 0.05) is 19.8 Å². The van der Waals surface area contributed by atoms with Crippen LogP contribution < -0.4 is 10.6 Å². The van der Waals surface area contributed by atoms with Crippen LogP contribution in [0.3, 0.4) is 0 Å². The molecule has 0 atom stereocenters. The molecule has 0 saturated carbocycles. The van der Waals surface area contributed by atoms with Crippen LogP contribution in [-0.2, 0) is 17.9 Å². The van der Waals surface area contributed by atoms with E-state index < -0.39 is 0 Å².